The Hall–Kier alpha value is -0.960. The maximum Gasteiger partial charge on any atom is 0.472 e. The molecule has 0 heterocycles. The van der Waals surface area contributed by atoms with E-state index < -0.39 is 75.2 Å². The minimum atomic E-state index is -5.14. The molecule has 0 radical (unpaired) electrons. The summed E-state index contributed by atoms with van der Waals surface area (Å²) in [5.74, 6) is -0.590. The van der Waals surface area contributed by atoms with Crippen molar-refractivity contribution in [2.75, 3.05) is 6.61 Å². The van der Waals surface area contributed by atoms with E-state index in [1.165, 1.54) is 154 Å². The number of hydrogen-bond donors (Lipinski definition) is 9. The van der Waals surface area contributed by atoms with Crippen LogP contribution in [0.3, 0.4) is 0 Å². The van der Waals surface area contributed by atoms with Crippen LogP contribution in [0.2, 0.25) is 0 Å². The average molecular weight is 908 g/mol. The zero-order chi connectivity index (χ0) is 45.9. The van der Waals surface area contributed by atoms with Gasteiger partial charge in [0.25, 0.3) is 0 Å². The third-order valence-corrected chi connectivity index (χ3v) is 13.4. The van der Waals surface area contributed by atoms with E-state index in [1.54, 1.807) is 6.08 Å². The van der Waals surface area contributed by atoms with Crippen LogP contribution in [0.1, 0.15) is 226 Å². The van der Waals surface area contributed by atoms with Gasteiger partial charge in [0.2, 0.25) is 5.91 Å². The Labute approximate surface area is 376 Å². The third kappa shape index (κ3) is 29.5. The van der Waals surface area contributed by atoms with Crippen molar-refractivity contribution >= 4 is 13.7 Å². The van der Waals surface area contributed by atoms with E-state index in [0.717, 1.165) is 44.9 Å². The molecule has 8 unspecified atom stereocenters. The first-order valence-electron chi connectivity index (χ1n) is 25.2. The number of amides is 1. The van der Waals surface area contributed by atoms with Crippen LogP contribution in [0, 0.1) is 0 Å². The van der Waals surface area contributed by atoms with E-state index in [9.17, 15) is 50.0 Å². The molecule has 0 spiro atoms. The number of hydrogen-bond acceptors (Lipinski definition) is 11. The quantitative estimate of drug-likeness (QED) is 0.0159. The molecule has 9 N–H and O–H groups in total. The molecule has 0 aliphatic heterocycles. The summed E-state index contributed by atoms with van der Waals surface area (Å²) >= 11 is 0. The van der Waals surface area contributed by atoms with Crippen LogP contribution in [-0.2, 0) is 18.4 Å². The molecule has 0 aromatic carbocycles. The molecule has 0 saturated heterocycles. The van der Waals surface area contributed by atoms with Crippen LogP contribution in [0.4, 0.5) is 0 Å². The number of phosphoric acid groups is 1. The van der Waals surface area contributed by atoms with Gasteiger partial charge >= 0.3 is 7.82 Å². The molecule has 1 aliphatic carbocycles. The smallest absolute Gasteiger partial charge is 0.393 e. The van der Waals surface area contributed by atoms with E-state index in [1.807, 2.05) is 0 Å². The van der Waals surface area contributed by atoms with Gasteiger partial charge in [0.1, 0.15) is 36.6 Å². The highest BCUT2D eigenvalue weighted by Gasteiger charge is 2.51. The molecule has 368 valence electrons. The topological polar surface area (TPSA) is 226 Å². The van der Waals surface area contributed by atoms with Crippen LogP contribution >= 0.6 is 7.82 Å². The molecule has 14 heteroatoms. The summed E-state index contributed by atoms with van der Waals surface area (Å²) in [6.07, 6.45) is 27.3. The summed E-state index contributed by atoms with van der Waals surface area (Å²) < 4.78 is 22.9. The lowest BCUT2D eigenvalue weighted by atomic mass is 9.85. The number of aliphatic hydroxyl groups is 7. The summed E-state index contributed by atoms with van der Waals surface area (Å²) in [6.45, 7) is 3.75. The predicted molar refractivity (Wildman–Crippen MR) is 247 cm³/mol. The normalized spacial score (nSPS) is 23.1. The Morgan fingerprint density at radius 1 is 0.565 bits per heavy atom. The first-order valence-corrected chi connectivity index (χ1v) is 26.7. The molecule has 1 saturated carbocycles. The Morgan fingerprint density at radius 3 is 1.32 bits per heavy atom. The van der Waals surface area contributed by atoms with Crippen molar-refractivity contribution in [2.24, 2.45) is 0 Å². The summed E-state index contributed by atoms with van der Waals surface area (Å²) in [5, 5.41) is 74.5. The fourth-order valence-corrected chi connectivity index (χ4v) is 9.21. The Balaban J connectivity index is 2.48. The number of nitrogens with one attached hydrogen (secondary N) is 1. The van der Waals surface area contributed by atoms with E-state index >= 15 is 0 Å². The lowest BCUT2D eigenvalue weighted by molar-refractivity contribution is -0.220. The van der Waals surface area contributed by atoms with E-state index in [-0.39, 0.29) is 6.42 Å². The van der Waals surface area contributed by atoms with Crippen molar-refractivity contribution in [3.8, 4) is 0 Å². The molecular formula is C48H94NO12P. The highest BCUT2D eigenvalue weighted by Crippen LogP contribution is 2.47. The second-order valence-electron chi connectivity index (χ2n) is 18.2. The van der Waals surface area contributed by atoms with Gasteiger partial charge in [-0.25, -0.2) is 4.57 Å². The van der Waals surface area contributed by atoms with E-state index in [0.29, 0.717) is 12.8 Å². The lowest BCUT2D eigenvalue weighted by Crippen LogP contribution is -2.64. The van der Waals surface area contributed by atoms with Crippen molar-refractivity contribution in [3.05, 3.63) is 12.2 Å². The lowest BCUT2D eigenvalue weighted by Gasteiger charge is -2.41. The molecule has 1 rings (SSSR count). The second kappa shape index (κ2) is 38.2. The van der Waals surface area contributed by atoms with Crippen molar-refractivity contribution in [2.45, 2.75) is 281 Å². The summed E-state index contributed by atoms with van der Waals surface area (Å²) in [4.78, 5) is 23.4. The summed E-state index contributed by atoms with van der Waals surface area (Å²) in [7, 11) is -5.14. The number of rotatable bonds is 42. The maximum absolute atomic E-state index is 13.0. The first-order chi connectivity index (χ1) is 29.8. The molecule has 0 aromatic heterocycles. The Kier molecular flexibility index (Phi) is 36.4. The number of carbonyl (C=O) groups is 1. The van der Waals surface area contributed by atoms with Crippen LogP contribution in [0.5, 0.6) is 0 Å². The maximum atomic E-state index is 13.0. The largest absolute Gasteiger partial charge is 0.472 e. The molecule has 1 fully saturated rings. The summed E-state index contributed by atoms with van der Waals surface area (Å²) in [5.41, 5.74) is 0. The van der Waals surface area contributed by atoms with Gasteiger partial charge in [0, 0.05) is 0 Å². The Bertz CT molecular complexity index is 1120. The molecule has 1 amide bonds. The fraction of sp³-hybridized carbons (Fsp3) is 0.938. The van der Waals surface area contributed by atoms with Crippen LogP contribution < -0.4 is 5.32 Å². The zero-order valence-corrected chi connectivity index (χ0v) is 39.9. The minimum absolute atomic E-state index is 0.240. The van der Waals surface area contributed by atoms with E-state index in [4.69, 9.17) is 9.05 Å². The summed E-state index contributed by atoms with van der Waals surface area (Å²) in [6, 6.07) is -1.23. The van der Waals surface area contributed by atoms with Gasteiger partial charge < -0.3 is 46.0 Å². The van der Waals surface area contributed by atoms with Crippen molar-refractivity contribution < 1.29 is 59.0 Å². The molecular weight excluding hydrogens is 813 g/mol. The monoisotopic (exact) mass is 908 g/mol. The van der Waals surface area contributed by atoms with Crippen molar-refractivity contribution in [1.29, 1.82) is 0 Å². The van der Waals surface area contributed by atoms with Crippen LogP contribution in [0.15, 0.2) is 12.2 Å². The molecule has 62 heavy (non-hydrogen) atoms. The fourth-order valence-electron chi connectivity index (χ4n) is 8.24. The van der Waals surface area contributed by atoms with Crippen molar-refractivity contribution in [3.63, 3.8) is 0 Å². The van der Waals surface area contributed by atoms with Gasteiger partial charge in [-0.15, -0.1) is 0 Å². The predicted octanol–water partition coefficient (Wildman–Crippen LogP) is 8.98. The number of unbranched alkanes of at least 4 members (excludes halogenated alkanes) is 29. The van der Waals surface area contributed by atoms with Gasteiger partial charge in [-0.05, 0) is 19.3 Å². The SMILES string of the molecule is CCCCCCCCCCCCCCCCCCCCC/C=C/C(O)C(COP(=O)(O)OC1C(O)C(O)C(O)C(O)C1O)NC(=O)CC(O)CCCCCCCCCCCCC. The molecule has 0 aromatic rings. The number of allylic oxidation sites excluding steroid dienone is 1. The number of aliphatic hydroxyl groups excluding tert-OH is 7. The van der Waals surface area contributed by atoms with Gasteiger partial charge in [-0.3, -0.25) is 13.8 Å². The molecule has 1 aliphatic rings. The number of phosphoric ester groups is 1. The van der Waals surface area contributed by atoms with Crippen LogP contribution in [0.25, 0.3) is 0 Å². The van der Waals surface area contributed by atoms with Gasteiger partial charge in [0.05, 0.1) is 31.3 Å². The van der Waals surface area contributed by atoms with Gasteiger partial charge in [-0.1, -0.05) is 212 Å². The third-order valence-electron chi connectivity index (χ3n) is 12.4. The van der Waals surface area contributed by atoms with Gasteiger partial charge in [-0.2, -0.15) is 0 Å². The number of carbonyl (C=O) groups excluding carboxylic acids is 1. The standard InChI is InChI=1S/C48H94NO12P/c1-3-5-7-9-11-13-15-16-17-18-19-20-21-22-23-24-26-28-30-32-34-36-41(51)40(38-60-62(58,59)61-48-46(56)44(54)43(53)45(55)47(48)57)49-42(52)37-39(50)35-33-31-29-27-25-14-12-10-8-6-4-2/h34,36,39-41,43-48,50-51,53-57H,3-33,35,37-38H2,1-2H3,(H,49,52)(H,58,59)/b36-34+. The molecule has 13 nitrogen and oxygen atoms in total. The first kappa shape index (κ1) is 59.1. The van der Waals surface area contributed by atoms with Crippen molar-refractivity contribution in [1.82, 2.24) is 5.32 Å². The Morgan fingerprint density at radius 2 is 0.919 bits per heavy atom. The zero-order valence-electron chi connectivity index (χ0n) is 39.1. The highest BCUT2D eigenvalue weighted by molar-refractivity contribution is 7.47. The second-order valence-corrected chi connectivity index (χ2v) is 19.6. The molecule has 0 bridgehead atoms. The van der Waals surface area contributed by atoms with Gasteiger partial charge in [0.15, 0.2) is 0 Å². The highest BCUT2D eigenvalue weighted by atomic mass is 31.2. The molecule has 8 atom stereocenters. The average Bonchev–Trinajstić information content (AvgIpc) is 3.24. The van der Waals surface area contributed by atoms with Crippen LogP contribution in [-0.4, -0.2) is 108 Å². The minimum Gasteiger partial charge on any atom is -0.393 e. The van der Waals surface area contributed by atoms with E-state index in [2.05, 4.69) is 19.2 Å².